The van der Waals surface area contributed by atoms with Gasteiger partial charge in [0.2, 0.25) is 5.91 Å². The summed E-state index contributed by atoms with van der Waals surface area (Å²) in [5, 5.41) is 13.0. The van der Waals surface area contributed by atoms with E-state index in [0.29, 0.717) is 27.3 Å². The third kappa shape index (κ3) is 4.19. The number of aromatic carboxylic acids is 1. The third-order valence-electron chi connectivity index (χ3n) is 2.82. The molecule has 0 spiro atoms. The van der Waals surface area contributed by atoms with Crippen LogP contribution < -0.4 is 5.32 Å². The first-order valence-corrected chi connectivity index (χ1v) is 7.84. The Morgan fingerprint density at radius 3 is 2.64 bits per heavy atom. The highest BCUT2D eigenvalue weighted by molar-refractivity contribution is 7.13. The van der Waals surface area contributed by atoms with Crippen LogP contribution in [-0.4, -0.2) is 22.0 Å². The number of nitrogens with zero attached hydrogens (tertiary/aromatic N) is 1. The van der Waals surface area contributed by atoms with Gasteiger partial charge in [0, 0.05) is 6.54 Å². The van der Waals surface area contributed by atoms with Crippen LogP contribution in [0.4, 0.5) is 0 Å². The zero-order valence-electron chi connectivity index (χ0n) is 11.5. The van der Waals surface area contributed by atoms with Crippen LogP contribution in [0.25, 0.3) is 0 Å². The van der Waals surface area contributed by atoms with Gasteiger partial charge < -0.3 is 10.4 Å². The standard InChI is InChI=1S/C14H12Cl2N2O3S/c1-7-13(14(20)21)22-12(18-7)5-11(19)17-6-8-2-3-9(15)10(16)4-8/h2-4H,5-6H2,1H3,(H,17,19)(H,20,21). The monoisotopic (exact) mass is 358 g/mol. The quantitative estimate of drug-likeness (QED) is 0.858. The number of rotatable bonds is 5. The average Bonchev–Trinajstić information content (AvgIpc) is 2.81. The molecule has 5 nitrogen and oxygen atoms in total. The number of nitrogens with one attached hydrogen (secondary N) is 1. The van der Waals surface area contributed by atoms with Gasteiger partial charge in [-0.2, -0.15) is 0 Å². The van der Waals surface area contributed by atoms with Gasteiger partial charge in [-0.25, -0.2) is 9.78 Å². The molecule has 2 aromatic rings. The van der Waals surface area contributed by atoms with E-state index in [1.807, 2.05) is 0 Å². The Bertz CT molecular complexity index is 731. The summed E-state index contributed by atoms with van der Waals surface area (Å²) in [6.45, 7) is 1.92. The van der Waals surface area contributed by atoms with Gasteiger partial charge in [-0.15, -0.1) is 11.3 Å². The number of amides is 1. The minimum absolute atomic E-state index is 0.0418. The highest BCUT2D eigenvalue weighted by Gasteiger charge is 2.15. The van der Waals surface area contributed by atoms with E-state index in [2.05, 4.69) is 10.3 Å². The molecule has 8 heteroatoms. The van der Waals surface area contributed by atoms with Crippen LogP contribution in [0.1, 0.15) is 25.9 Å². The van der Waals surface area contributed by atoms with E-state index >= 15 is 0 Å². The maximum atomic E-state index is 11.9. The van der Waals surface area contributed by atoms with Crippen LogP contribution in [-0.2, 0) is 17.8 Å². The Kier molecular flexibility index (Phi) is 5.39. The molecular formula is C14H12Cl2N2O3S. The molecule has 2 rings (SSSR count). The second kappa shape index (κ2) is 7.09. The topological polar surface area (TPSA) is 79.3 Å². The van der Waals surface area contributed by atoms with Crippen LogP contribution in [0.3, 0.4) is 0 Å². The lowest BCUT2D eigenvalue weighted by Crippen LogP contribution is -2.24. The lowest BCUT2D eigenvalue weighted by Gasteiger charge is -2.05. The predicted octanol–water partition coefficient (Wildman–Crippen LogP) is 3.32. The first kappa shape index (κ1) is 16.7. The fraction of sp³-hybridized carbons (Fsp3) is 0.214. The number of hydrogen-bond acceptors (Lipinski definition) is 4. The number of aromatic nitrogens is 1. The summed E-state index contributed by atoms with van der Waals surface area (Å²) < 4.78 is 0. The molecule has 116 valence electrons. The summed E-state index contributed by atoms with van der Waals surface area (Å²) in [4.78, 5) is 27.1. The Morgan fingerprint density at radius 2 is 2.05 bits per heavy atom. The predicted molar refractivity (Wildman–Crippen MR) is 85.8 cm³/mol. The molecule has 1 aromatic heterocycles. The molecule has 0 radical (unpaired) electrons. The molecule has 0 fully saturated rings. The summed E-state index contributed by atoms with van der Waals surface area (Å²) in [7, 11) is 0. The van der Waals surface area contributed by atoms with E-state index in [1.54, 1.807) is 25.1 Å². The Hall–Kier alpha value is -1.63. The highest BCUT2D eigenvalue weighted by atomic mass is 35.5. The fourth-order valence-electron chi connectivity index (χ4n) is 1.78. The lowest BCUT2D eigenvalue weighted by molar-refractivity contribution is -0.120. The van der Waals surface area contributed by atoms with Crippen molar-refractivity contribution in [1.82, 2.24) is 10.3 Å². The normalized spacial score (nSPS) is 10.5. The van der Waals surface area contributed by atoms with Crippen molar-refractivity contribution in [1.29, 1.82) is 0 Å². The molecule has 0 saturated carbocycles. The summed E-state index contributed by atoms with van der Waals surface area (Å²) >= 11 is 12.7. The zero-order valence-corrected chi connectivity index (χ0v) is 13.8. The van der Waals surface area contributed by atoms with Crippen molar-refractivity contribution in [3.8, 4) is 0 Å². The van der Waals surface area contributed by atoms with Crippen LogP contribution in [0.5, 0.6) is 0 Å². The molecule has 2 N–H and O–H groups in total. The molecule has 0 saturated heterocycles. The maximum Gasteiger partial charge on any atom is 0.347 e. The SMILES string of the molecule is Cc1nc(CC(=O)NCc2ccc(Cl)c(Cl)c2)sc1C(=O)O. The minimum atomic E-state index is -1.03. The van der Waals surface area contributed by atoms with Crippen LogP contribution >= 0.6 is 34.5 Å². The van der Waals surface area contributed by atoms with Gasteiger partial charge in [-0.1, -0.05) is 29.3 Å². The Balaban J connectivity index is 1.94. The van der Waals surface area contributed by atoms with Crippen molar-refractivity contribution in [2.24, 2.45) is 0 Å². The molecule has 1 aromatic carbocycles. The molecule has 0 aliphatic carbocycles. The molecule has 0 atom stereocenters. The summed E-state index contributed by atoms with van der Waals surface area (Å²) in [6.07, 6.45) is 0.0418. The van der Waals surface area contributed by atoms with E-state index in [1.165, 1.54) is 0 Å². The Morgan fingerprint density at radius 1 is 1.32 bits per heavy atom. The minimum Gasteiger partial charge on any atom is -0.477 e. The number of carbonyl (C=O) groups is 2. The van der Waals surface area contributed by atoms with Crippen LogP contribution in [0, 0.1) is 6.92 Å². The van der Waals surface area contributed by atoms with Gasteiger partial charge >= 0.3 is 5.97 Å². The van der Waals surface area contributed by atoms with Gasteiger partial charge in [0.15, 0.2) is 0 Å². The summed E-state index contributed by atoms with van der Waals surface area (Å²) in [5.41, 5.74) is 1.24. The second-order valence-corrected chi connectivity index (χ2v) is 6.43. The van der Waals surface area contributed by atoms with E-state index < -0.39 is 5.97 Å². The molecule has 1 amide bonds. The van der Waals surface area contributed by atoms with Crippen molar-refractivity contribution >= 4 is 46.4 Å². The van der Waals surface area contributed by atoms with Crippen LogP contribution in [0.2, 0.25) is 10.0 Å². The first-order valence-electron chi connectivity index (χ1n) is 6.27. The van der Waals surface area contributed by atoms with Gasteiger partial charge in [-0.3, -0.25) is 4.79 Å². The van der Waals surface area contributed by atoms with Gasteiger partial charge in [0.1, 0.15) is 9.88 Å². The zero-order chi connectivity index (χ0) is 16.3. The first-order chi connectivity index (χ1) is 10.4. The number of thiazole rings is 1. The smallest absolute Gasteiger partial charge is 0.347 e. The molecule has 1 heterocycles. The second-order valence-electron chi connectivity index (χ2n) is 4.53. The number of benzene rings is 1. The van der Waals surface area contributed by atoms with E-state index in [9.17, 15) is 9.59 Å². The Labute approximate surface area is 140 Å². The van der Waals surface area contributed by atoms with Crippen molar-refractivity contribution < 1.29 is 14.7 Å². The average molecular weight is 359 g/mol. The summed E-state index contributed by atoms with van der Waals surface area (Å²) in [5.74, 6) is -1.27. The van der Waals surface area contributed by atoms with Gasteiger partial charge in [0.05, 0.1) is 22.2 Å². The highest BCUT2D eigenvalue weighted by Crippen LogP contribution is 2.22. The number of hydrogen-bond donors (Lipinski definition) is 2. The largest absolute Gasteiger partial charge is 0.477 e. The maximum absolute atomic E-state index is 11.9. The molecule has 0 aliphatic heterocycles. The van der Waals surface area contributed by atoms with Crippen molar-refractivity contribution in [2.45, 2.75) is 19.9 Å². The van der Waals surface area contributed by atoms with Crippen molar-refractivity contribution in [3.05, 3.63) is 49.4 Å². The summed E-state index contributed by atoms with van der Waals surface area (Å²) in [6, 6.07) is 5.11. The van der Waals surface area contributed by atoms with Gasteiger partial charge in [-0.05, 0) is 24.6 Å². The third-order valence-corrected chi connectivity index (χ3v) is 4.71. The fourth-order valence-corrected chi connectivity index (χ4v) is 3.00. The number of carboxylic acids is 1. The van der Waals surface area contributed by atoms with E-state index in [4.69, 9.17) is 28.3 Å². The van der Waals surface area contributed by atoms with E-state index in [-0.39, 0.29) is 17.2 Å². The van der Waals surface area contributed by atoms with Crippen LogP contribution in [0.15, 0.2) is 18.2 Å². The number of carboxylic acid groups (broad SMARTS) is 1. The number of aryl methyl sites for hydroxylation is 1. The molecular weight excluding hydrogens is 347 g/mol. The number of halogens is 2. The molecule has 22 heavy (non-hydrogen) atoms. The lowest BCUT2D eigenvalue weighted by atomic mass is 10.2. The molecule has 0 bridgehead atoms. The molecule has 0 aliphatic rings. The number of carbonyl (C=O) groups excluding carboxylic acids is 1. The van der Waals surface area contributed by atoms with E-state index in [0.717, 1.165) is 16.9 Å². The van der Waals surface area contributed by atoms with Crippen molar-refractivity contribution in [3.63, 3.8) is 0 Å². The van der Waals surface area contributed by atoms with Gasteiger partial charge in [0.25, 0.3) is 0 Å². The molecule has 0 unspecified atom stereocenters. The van der Waals surface area contributed by atoms with Crippen molar-refractivity contribution in [2.75, 3.05) is 0 Å².